The second kappa shape index (κ2) is 5.35. The average Bonchev–Trinajstić information content (AvgIpc) is 3.12. The number of aromatic hydroxyl groups is 1. The molecular weight excluding hydrogens is 316 g/mol. The Morgan fingerprint density at radius 3 is 2.12 bits per heavy atom. The molecule has 3 aromatic carbocycles. The molecule has 0 unspecified atom stereocenters. The quantitative estimate of drug-likeness (QED) is 0.605. The van der Waals surface area contributed by atoms with Crippen molar-refractivity contribution in [1.82, 2.24) is 0 Å². The third-order valence-corrected chi connectivity index (χ3v) is 6.22. The number of benzene rings is 3. The Labute approximate surface area is 154 Å². The SMILES string of the molecule is CC1=C(c2ccc(C)cc2)C2(Cc3ccccc3C2)c2ccc(O)cc21. The van der Waals surface area contributed by atoms with Crippen LogP contribution in [0.5, 0.6) is 5.75 Å². The van der Waals surface area contributed by atoms with E-state index in [1.54, 1.807) is 0 Å². The normalized spacial score (nSPS) is 16.8. The van der Waals surface area contributed by atoms with E-state index in [-0.39, 0.29) is 5.41 Å². The molecule has 0 aliphatic heterocycles. The molecule has 0 heterocycles. The van der Waals surface area contributed by atoms with Crippen LogP contribution < -0.4 is 0 Å². The summed E-state index contributed by atoms with van der Waals surface area (Å²) in [7, 11) is 0. The monoisotopic (exact) mass is 338 g/mol. The minimum atomic E-state index is -0.0218. The van der Waals surface area contributed by atoms with Crippen LogP contribution in [0.4, 0.5) is 0 Å². The Balaban J connectivity index is 1.78. The minimum absolute atomic E-state index is 0.0218. The van der Waals surface area contributed by atoms with Crippen LogP contribution in [-0.2, 0) is 18.3 Å². The standard InChI is InChI=1S/C25H22O/c1-16-7-9-18(10-8-16)24-17(2)22-13-21(26)11-12-23(22)25(24)14-19-5-3-4-6-20(19)15-25/h3-13,26H,14-15H2,1-2H3. The first-order valence-electron chi connectivity index (χ1n) is 9.27. The van der Waals surface area contributed by atoms with E-state index in [2.05, 4.69) is 68.4 Å². The third kappa shape index (κ3) is 2.03. The number of allylic oxidation sites excluding steroid dienone is 2. The molecule has 0 saturated carbocycles. The highest BCUT2D eigenvalue weighted by atomic mass is 16.3. The van der Waals surface area contributed by atoms with Crippen molar-refractivity contribution < 1.29 is 5.11 Å². The molecule has 1 heteroatoms. The highest BCUT2D eigenvalue weighted by Crippen LogP contribution is 2.57. The predicted octanol–water partition coefficient (Wildman–Crippen LogP) is 5.68. The first-order valence-corrected chi connectivity index (χ1v) is 9.27. The number of aryl methyl sites for hydroxylation is 1. The zero-order chi connectivity index (χ0) is 17.9. The predicted molar refractivity (Wildman–Crippen MR) is 107 cm³/mol. The Morgan fingerprint density at radius 1 is 0.808 bits per heavy atom. The first-order chi connectivity index (χ1) is 12.6. The molecule has 128 valence electrons. The lowest BCUT2D eigenvalue weighted by molar-refractivity contribution is 0.474. The maximum absolute atomic E-state index is 10.1. The Kier molecular flexibility index (Phi) is 3.18. The molecule has 0 atom stereocenters. The molecular formula is C25H22O. The van der Waals surface area contributed by atoms with Crippen molar-refractivity contribution in [2.45, 2.75) is 32.1 Å². The van der Waals surface area contributed by atoms with Gasteiger partial charge < -0.3 is 5.11 Å². The van der Waals surface area contributed by atoms with Crippen molar-refractivity contribution in [2.24, 2.45) is 0 Å². The zero-order valence-electron chi connectivity index (χ0n) is 15.2. The van der Waals surface area contributed by atoms with Crippen molar-refractivity contribution in [3.63, 3.8) is 0 Å². The van der Waals surface area contributed by atoms with Crippen LogP contribution in [0.3, 0.4) is 0 Å². The van der Waals surface area contributed by atoms with E-state index in [9.17, 15) is 5.11 Å². The molecule has 0 radical (unpaired) electrons. The summed E-state index contributed by atoms with van der Waals surface area (Å²) in [5, 5.41) is 10.1. The van der Waals surface area contributed by atoms with Gasteiger partial charge in [0.15, 0.2) is 0 Å². The molecule has 0 amide bonds. The highest BCUT2D eigenvalue weighted by molar-refractivity contribution is 6.02. The fourth-order valence-corrected chi connectivity index (χ4v) is 5.08. The van der Waals surface area contributed by atoms with Gasteiger partial charge in [-0.1, -0.05) is 60.2 Å². The zero-order valence-corrected chi connectivity index (χ0v) is 15.2. The van der Waals surface area contributed by atoms with Crippen LogP contribution in [0.1, 0.15) is 40.3 Å². The molecule has 26 heavy (non-hydrogen) atoms. The Morgan fingerprint density at radius 2 is 1.46 bits per heavy atom. The summed E-state index contributed by atoms with van der Waals surface area (Å²) in [6.07, 6.45) is 2.06. The largest absolute Gasteiger partial charge is 0.508 e. The minimum Gasteiger partial charge on any atom is -0.508 e. The molecule has 1 spiro atoms. The van der Waals surface area contributed by atoms with E-state index in [0.29, 0.717) is 5.75 Å². The molecule has 2 aliphatic carbocycles. The number of phenols is 1. The molecule has 0 aromatic heterocycles. The fourth-order valence-electron chi connectivity index (χ4n) is 5.08. The topological polar surface area (TPSA) is 20.2 Å². The molecule has 0 fully saturated rings. The number of rotatable bonds is 1. The first kappa shape index (κ1) is 15.5. The number of hydrogen-bond donors (Lipinski definition) is 1. The van der Waals surface area contributed by atoms with Crippen molar-refractivity contribution in [1.29, 1.82) is 0 Å². The van der Waals surface area contributed by atoms with Gasteiger partial charge >= 0.3 is 0 Å². The second-order valence-electron chi connectivity index (χ2n) is 7.80. The van der Waals surface area contributed by atoms with Crippen molar-refractivity contribution >= 4 is 11.1 Å². The lowest BCUT2D eigenvalue weighted by Gasteiger charge is -2.30. The molecule has 0 bridgehead atoms. The van der Waals surface area contributed by atoms with Gasteiger partial charge in [0.05, 0.1) is 0 Å². The summed E-state index contributed by atoms with van der Waals surface area (Å²) in [6.45, 7) is 4.35. The van der Waals surface area contributed by atoms with Gasteiger partial charge in [-0.25, -0.2) is 0 Å². The van der Waals surface area contributed by atoms with E-state index < -0.39 is 0 Å². The van der Waals surface area contributed by atoms with Gasteiger partial charge in [-0.3, -0.25) is 0 Å². The summed E-state index contributed by atoms with van der Waals surface area (Å²) in [5.41, 5.74) is 10.7. The van der Waals surface area contributed by atoms with Crippen molar-refractivity contribution in [3.8, 4) is 5.75 Å². The van der Waals surface area contributed by atoms with Crippen molar-refractivity contribution in [3.05, 3.63) is 100 Å². The summed E-state index contributed by atoms with van der Waals surface area (Å²) in [5.74, 6) is 0.346. The Hall–Kier alpha value is -2.80. The average molecular weight is 338 g/mol. The molecule has 5 rings (SSSR count). The second-order valence-corrected chi connectivity index (χ2v) is 7.80. The smallest absolute Gasteiger partial charge is 0.116 e. The maximum atomic E-state index is 10.1. The van der Waals surface area contributed by atoms with Crippen molar-refractivity contribution in [2.75, 3.05) is 0 Å². The van der Waals surface area contributed by atoms with E-state index in [4.69, 9.17) is 0 Å². The molecule has 2 aliphatic rings. The number of phenolic OH excluding ortho intramolecular Hbond substituents is 1. The lowest BCUT2D eigenvalue weighted by atomic mass is 9.72. The Bertz CT molecular complexity index is 1030. The summed E-state index contributed by atoms with van der Waals surface area (Å²) in [6, 6.07) is 23.7. The molecule has 1 N–H and O–H groups in total. The van der Waals surface area contributed by atoms with Gasteiger partial charge in [-0.15, -0.1) is 0 Å². The lowest BCUT2D eigenvalue weighted by Crippen LogP contribution is -2.26. The third-order valence-electron chi connectivity index (χ3n) is 6.22. The van der Waals surface area contributed by atoms with Gasteiger partial charge in [-0.05, 0) is 77.8 Å². The molecule has 1 nitrogen and oxygen atoms in total. The van der Waals surface area contributed by atoms with Gasteiger partial charge in [0, 0.05) is 5.41 Å². The van der Waals surface area contributed by atoms with Crippen LogP contribution in [0.2, 0.25) is 0 Å². The summed E-state index contributed by atoms with van der Waals surface area (Å²) in [4.78, 5) is 0. The van der Waals surface area contributed by atoms with Crippen LogP contribution in [0.15, 0.2) is 66.7 Å². The van der Waals surface area contributed by atoms with Crippen LogP contribution in [0.25, 0.3) is 11.1 Å². The molecule has 3 aromatic rings. The van der Waals surface area contributed by atoms with E-state index in [0.717, 1.165) is 12.8 Å². The van der Waals surface area contributed by atoms with E-state index in [1.165, 1.54) is 44.5 Å². The van der Waals surface area contributed by atoms with Gasteiger partial charge in [0.1, 0.15) is 5.75 Å². The molecule has 0 saturated heterocycles. The maximum Gasteiger partial charge on any atom is 0.116 e. The van der Waals surface area contributed by atoms with Crippen LogP contribution in [-0.4, -0.2) is 5.11 Å². The van der Waals surface area contributed by atoms with Gasteiger partial charge in [0.2, 0.25) is 0 Å². The summed E-state index contributed by atoms with van der Waals surface area (Å²) < 4.78 is 0. The number of fused-ring (bicyclic) bond motifs is 3. The number of hydrogen-bond acceptors (Lipinski definition) is 1. The van der Waals surface area contributed by atoms with Crippen LogP contribution in [0, 0.1) is 6.92 Å². The van der Waals surface area contributed by atoms with Crippen LogP contribution >= 0.6 is 0 Å². The van der Waals surface area contributed by atoms with Gasteiger partial charge in [-0.2, -0.15) is 0 Å². The summed E-state index contributed by atoms with van der Waals surface area (Å²) >= 11 is 0. The van der Waals surface area contributed by atoms with E-state index in [1.807, 2.05) is 12.1 Å². The van der Waals surface area contributed by atoms with Gasteiger partial charge in [0.25, 0.3) is 0 Å². The van der Waals surface area contributed by atoms with E-state index >= 15 is 0 Å². The highest BCUT2D eigenvalue weighted by Gasteiger charge is 2.48. The fraction of sp³-hybridized carbons (Fsp3) is 0.200.